The highest BCUT2D eigenvalue weighted by molar-refractivity contribution is 9.10. The van der Waals surface area contributed by atoms with Crippen molar-refractivity contribution < 1.29 is 13.2 Å². The predicted octanol–water partition coefficient (Wildman–Crippen LogP) is 6.27. The van der Waals surface area contributed by atoms with Crippen LogP contribution in [0.1, 0.15) is 25.8 Å². The average Bonchev–Trinajstić information content (AvgIpc) is 2.69. The highest BCUT2D eigenvalue weighted by Crippen LogP contribution is 2.35. The number of rotatable bonds is 6. The highest BCUT2D eigenvalue weighted by atomic mass is 79.9. The number of nitrogens with one attached hydrogen (secondary N) is 2. The normalized spacial score (nSPS) is 12.5. The molecule has 9 heteroatoms. The quantitative estimate of drug-likeness (QED) is 0.448. The first-order valence-electron chi connectivity index (χ1n) is 8.96. The second-order valence-corrected chi connectivity index (χ2v) is 7.32. The van der Waals surface area contributed by atoms with Gasteiger partial charge in [0.2, 0.25) is 5.95 Å². The summed E-state index contributed by atoms with van der Waals surface area (Å²) in [6.07, 6.45) is -0.189. The lowest BCUT2D eigenvalue weighted by Crippen LogP contribution is -2.16. The largest absolute Gasteiger partial charge is 0.416 e. The van der Waals surface area contributed by atoms with Crippen LogP contribution in [0.5, 0.6) is 0 Å². The number of aromatic nitrogens is 3. The smallest absolute Gasteiger partial charge is 0.352 e. The molecule has 0 bridgehead atoms. The lowest BCUT2D eigenvalue weighted by Gasteiger charge is -2.15. The number of hydrogen-bond acceptors (Lipinski definition) is 5. The van der Waals surface area contributed by atoms with Gasteiger partial charge in [-0.1, -0.05) is 6.92 Å². The van der Waals surface area contributed by atoms with E-state index in [1.807, 2.05) is 26.0 Å². The topological polar surface area (TPSA) is 62.7 Å². The van der Waals surface area contributed by atoms with E-state index in [2.05, 4.69) is 41.5 Å². The van der Waals surface area contributed by atoms with E-state index in [-0.39, 0.29) is 10.5 Å². The molecular weight excluding hydrogens is 447 g/mol. The Hall–Kier alpha value is -2.68. The van der Waals surface area contributed by atoms with Crippen LogP contribution in [-0.4, -0.2) is 21.0 Å². The second kappa shape index (κ2) is 8.77. The van der Waals surface area contributed by atoms with Crippen LogP contribution in [-0.2, 0) is 6.18 Å². The lowest BCUT2D eigenvalue weighted by molar-refractivity contribution is -0.137. The Kier molecular flexibility index (Phi) is 6.36. The van der Waals surface area contributed by atoms with E-state index in [4.69, 9.17) is 0 Å². The van der Waals surface area contributed by atoms with E-state index >= 15 is 0 Å². The molecule has 3 rings (SSSR count). The van der Waals surface area contributed by atoms with Crippen LogP contribution in [0.15, 0.2) is 53.3 Å². The molecule has 0 aliphatic heterocycles. The summed E-state index contributed by atoms with van der Waals surface area (Å²) in [6.45, 7) is 4.06. The van der Waals surface area contributed by atoms with Gasteiger partial charge >= 0.3 is 6.18 Å². The molecule has 0 fully saturated rings. The fourth-order valence-corrected chi connectivity index (χ4v) is 2.98. The van der Waals surface area contributed by atoms with Gasteiger partial charge < -0.3 is 10.6 Å². The molecule has 0 aliphatic rings. The van der Waals surface area contributed by atoms with Gasteiger partial charge in [-0.3, -0.25) is 4.98 Å². The van der Waals surface area contributed by atoms with E-state index in [1.54, 1.807) is 18.5 Å². The summed E-state index contributed by atoms with van der Waals surface area (Å²) >= 11 is 3.20. The Labute approximate surface area is 174 Å². The first-order valence-corrected chi connectivity index (χ1v) is 9.75. The monoisotopic (exact) mass is 465 g/mol. The molecule has 29 heavy (non-hydrogen) atoms. The van der Waals surface area contributed by atoms with Crippen molar-refractivity contribution in [1.29, 1.82) is 0 Å². The minimum absolute atomic E-state index is 0.161. The number of anilines is 3. The molecule has 152 valence electrons. The molecule has 2 N–H and O–H groups in total. The molecule has 0 spiro atoms. The van der Waals surface area contributed by atoms with E-state index in [9.17, 15) is 13.2 Å². The summed E-state index contributed by atoms with van der Waals surface area (Å²) in [5, 5.41) is 6.30. The number of alkyl halides is 3. The Morgan fingerprint density at radius 3 is 2.41 bits per heavy atom. The van der Waals surface area contributed by atoms with Gasteiger partial charge in [0, 0.05) is 34.5 Å². The van der Waals surface area contributed by atoms with E-state index < -0.39 is 11.7 Å². The fourth-order valence-electron chi connectivity index (χ4n) is 2.50. The van der Waals surface area contributed by atoms with Crippen LogP contribution >= 0.6 is 15.9 Å². The highest BCUT2D eigenvalue weighted by Gasteiger charge is 2.30. The standard InChI is InChI=1S/C20H19BrF3N5/c1-3-12(2)26-19-28-17(13-6-8-25-9-7-13)11-18(29-19)27-16-5-4-14(10-15(16)21)20(22,23)24/h4-12H,3H2,1-2H3,(H2,26,27,28,29)/t12-/m1/s1. The zero-order valence-corrected chi connectivity index (χ0v) is 17.3. The molecule has 3 aromatic rings. The predicted molar refractivity (Wildman–Crippen MR) is 111 cm³/mol. The molecule has 0 radical (unpaired) electrons. The Morgan fingerprint density at radius 2 is 1.79 bits per heavy atom. The summed E-state index contributed by atoms with van der Waals surface area (Å²) in [7, 11) is 0. The van der Waals surface area contributed by atoms with Crippen molar-refractivity contribution in [3.63, 3.8) is 0 Å². The molecule has 2 aromatic heterocycles. The zero-order valence-electron chi connectivity index (χ0n) is 15.8. The van der Waals surface area contributed by atoms with Crippen LogP contribution in [0.25, 0.3) is 11.3 Å². The minimum atomic E-state index is -4.40. The summed E-state index contributed by atoms with van der Waals surface area (Å²) in [5.74, 6) is 0.886. The van der Waals surface area contributed by atoms with Crippen LogP contribution in [0.3, 0.4) is 0 Å². The van der Waals surface area contributed by atoms with Crippen molar-refractivity contribution >= 4 is 33.4 Å². The van der Waals surface area contributed by atoms with Gasteiger partial charge in [-0.05, 0) is 59.6 Å². The molecule has 0 amide bonds. The Morgan fingerprint density at radius 1 is 1.07 bits per heavy atom. The van der Waals surface area contributed by atoms with Crippen LogP contribution in [0.2, 0.25) is 0 Å². The summed E-state index contributed by atoms with van der Waals surface area (Å²) in [4.78, 5) is 13.0. The molecule has 1 aromatic carbocycles. The number of hydrogen-bond donors (Lipinski definition) is 2. The van der Waals surface area contributed by atoms with Crippen molar-refractivity contribution in [2.24, 2.45) is 0 Å². The average molecular weight is 466 g/mol. The fraction of sp³-hybridized carbons (Fsp3) is 0.250. The van der Waals surface area contributed by atoms with Crippen molar-refractivity contribution in [3.8, 4) is 11.3 Å². The van der Waals surface area contributed by atoms with E-state index in [1.165, 1.54) is 6.07 Å². The van der Waals surface area contributed by atoms with E-state index in [0.717, 1.165) is 24.1 Å². The van der Waals surface area contributed by atoms with Crippen molar-refractivity contribution in [1.82, 2.24) is 15.0 Å². The number of benzene rings is 1. The molecular formula is C20H19BrF3N5. The summed E-state index contributed by atoms with van der Waals surface area (Å²) < 4.78 is 39.0. The van der Waals surface area contributed by atoms with Crippen molar-refractivity contribution in [2.75, 3.05) is 10.6 Å². The van der Waals surface area contributed by atoms with Gasteiger partial charge in [0.15, 0.2) is 0 Å². The SMILES string of the molecule is CC[C@@H](C)Nc1nc(Nc2ccc(C(F)(F)F)cc2Br)cc(-c2ccncc2)n1. The summed E-state index contributed by atoms with van der Waals surface area (Å²) in [5.41, 5.74) is 1.25. The molecule has 0 saturated carbocycles. The minimum Gasteiger partial charge on any atom is -0.352 e. The number of nitrogens with zero attached hydrogens (tertiary/aromatic N) is 3. The Balaban J connectivity index is 1.97. The van der Waals surface area contributed by atoms with Crippen LogP contribution < -0.4 is 10.6 Å². The van der Waals surface area contributed by atoms with Gasteiger partial charge in [0.1, 0.15) is 5.82 Å². The molecule has 0 unspecified atom stereocenters. The third-order valence-electron chi connectivity index (χ3n) is 4.25. The second-order valence-electron chi connectivity index (χ2n) is 6.47. The molecule has 0 saturated heterocycles. The maximum absolute atomic E-state index is 12.9. The number of halogens is 4. The molecule has 0 aliphatic carbocycles. The maximum atomic E-state index is 12.9. The van der Waals surface area contributed by atoms with E-state index in [0.29, 0.717) is 23.1 Å². The van der Waals surface area contributed by atoms with Gasteiger partial charge in [0.05, 0.1) is 16.9 Å². The van der Waals surface area contributed by atoms with Gasteiger partial charge in [-0.15, -0.1) is 0 Å². The molecule has 1 atom stereocenters. The zero-order chi connectivity index (χ0) is 21.0. The maximum Gasteiger partial charge on any atom is 0.416 e. The van der Waals surface area contributed by atoms with Crippen LogP contribution in [0.4, 0.5) is 30.6 Å². The number of pyridine rings is 1. The Bertz CT molecular complexity index is 980. The first kappa shape index (κ1) is 21.0. The molecule has 2 heterocycles. The van der Waals surface area contributed by atoms with Gasteiger partial charge in [-0.2, -0.15) is 18.2 Å². The third-order valence-corrected chi connectivity index (χ3v) is 4.91. The van der Waals surface area contributed by atoms with Gasteiger partial charge in [0.25, 0.3) is 0 Å². The van der Waals surface area contributed by atoms with Gasteiger partial charge in [-0.25, -0.2) is 4.98 Å². The third kappa shape index (κ3) is 5.44. The summed E-state index contributed by atoms with van der Waals surface area (Å²) in [6, 6.07) is 8.97. The van der Waals surface area contributed by atoms with Crippen LogP contribution in [0, 0.1) is 0 Å². The van der Waals surface area contributed by atoms with Crippen molar-refractivity contribution in [2.45, 2.75) is 32.5 Å². The first-order chi connectivity index (χ1) is 13.8. The van der Waals surface area contributed by atoms with Crippen molar-refractivity contribution in [3.05, 3.63) is 58.8 Å². The lowest BCUT2D eigenvalue weighted by atomic mass is 10.2. The molecule has 5 nitrogen and oxygen atoms in total.